The Kier molecular flexibility index (Phi) is 4.74. The number of carbonyl (C=O) groups excluding carboxylic acids is 4. The first-order chi connectivity index (χ1) is 8.04. The maximum Gasteiger partial charge on any atom is 0.333 e. The highest BCUT2D eigenvalue weighted by Crippen LogP contribution is 2.12. The first kappa shape index (κ1) is 13.3. The lowest BCUT2D eigenvalue weighted by Crippen LogP contribution is -2.32. The van der Waals surface area contributed by atoms with E-state index in [2.05, 4.69) is 9.49 Å². The number of rotatable bonds is 5. The molecule has 0 saturated carbocycles. The highest BCUT2D eigenvalue weighted by Gasteiger charge is 2.32. The second-order valence-corrected chi connectivity index (χ2v) is 3.35. The van der Waals surface area contributed by atoms with Gasteiger partial charge in [-0.15, -0.1) is 5.06 Å². The molecule has 0 spiro atoms. The molecule has 17 heavy (non-hydrogen) atoms. The average Bonchev–Trinajstić information content (AvgIpc) is 2.58. The number of nitrogens with zero attached hydrogens (tertiary/aromatic N) is 1. The summed E-state index contributed by atoms with van der Waals surface area (Å²) in [6, 6.07) is 0. The molecule has 0 aliphatic carbocycles. The molecule has 1 aliphatic heterocycles. The van der Waals surface area contributed by atoms with Crippen LogP contribution in [0.2, 0.25) is 0 Å². The van der Waals surface area contributed by atoms with Gasteiger partial charge in [0.1, 0.15) is 7.74 Å². The lowest BCUT2D eigenvalue weighted by atomic mass is 9.72. The Morgan fingerprint density at radius 2 is 1.71 bits per heavy atom. The van der Waals surface area contributed by atoms with Crippen molar-refractivity contribution in [3.63, 3.8) is 0 Å². The summed E-state index contributed by atoms with van der Waals surface area (Å²) in [7, 11) is 1.88. The van der Waals surface area contributed by atoms with Gasteiger partial charge in [-0.2, -0.15) is 0 Å². The van der Waals surface area contributed by atoms with E-state index in [9.17, 15) is 19.2 Å². The van der Waals surface area contributed by atoms with E-state index in [4.69, 9.17) is 0 Å². The molecule has 0 N–H and O–H groups in total. The van der Waals surface area contributed by atoms with E-state index >= 15 is 0 Å². The van der Waals surface area contributed by atoms with Gasteiger partial charge in [0.05, 0.1) is 12.8 Å². The lowest BCUT2D eigenvalue weighted by Gasteiger charge is -2.12. The minimum Gasteiger partial charge on any atom is -0.548 e. The summed E-state index contributed by atoms with van der Waals surface area (Å²) in [5.74, 6) is -2.41. The molecular weight excluding hydrogens is 228 g/mol. The van der Waals surface area contributed by atoms with Crippen LogP contribution in [0.1, 0.15) is 25.7 Å². The first-order valence-corrected chi connectivity index (χ1v) is 5.26. The maximum absolute atomic E-state index is 11.2. The van der Waals surface area contributed by atoms with Gasteiger partial charge in [0.2, 0.25) is 0 Å². The van der Waals surface area contributed by atoms with Crippen LogP contribution in [0.15, 0.2) is 0 Å². The molecule has 1 aliphatic rings. The van der Waals surface area contributed by atoms with E-state index in [1.807, 2.05) is 0 Å². The van der Waals surface area contributed by atoms with Gasteiger partial charge in [-0.05, 0) is 0 Å². The summed E-state index contributed by atoms with van der Waals surface area (Å²) in [4.78, 5) is 48.9. The Bertz CT molecular complexity index is 342. The van der Waals surface area contributed by atoms with Crippen molar-refractivity contribution in [2.75, 3.05) is 0 Å². The van der Waals surface area contributed by atoms with Gasteiger partial charge in [-0.25, -0.2) is 4.79 Å². The molecule has 7 nitrogen and oxygen atoms in total. The van der Waals surface area contributed by atoms with Crippen LogP contribution in [0.3, 0.4) is 0 Å². The molecule has 1 saturated heterocycles. The summed E-state index contributed by atoms with van der Waals surface area (Å²) in [5, 5.41) is 0.452. The van der Waals surface area contributed by atoms with Crippen molar-refractivity contribution < 1.29 is 28.7 Å². The molecule has 0 aromatic carbocycles. The topological polar surface area (TPSA) is 90.0 Å². The molecule has 1 rings (SSSR count). The Morgan fingerprint density at radius 1 is 1.18 bits per heavy atom. The van der Waals surface area contributed by atoms with E-state index in [0.717, 1.165) is 0 Å². The highest BCUT2D eigenvalue weighted by molar-refractivity contribution is 6.86. The van der Waals surface area contributed by atoms with Gasteiger partial charge >= 0.3 is 5.97 Å². The largest absolute Gasteiger partial charge is 0.548 e. The number of imide groups is 1. The predicted octanol–water partition coefficient (Wildman–Crippen LogP) is -2.18. The molecule has 0 unspecified atom stereocenters. The van der Waals surface area contributed by atoms with Gasteiger partial charge in [-0.1, -0.05) is 0 Å². The molecule has 0 atom stereocenters. The number of hydroxylamine groups is 2. The van der Waals surface area contributed by atoms with E-state index in [1.54, 1.807) is 7.74 Å². The Morgan fingerprint density at radius 3 is 2.24 bits per heavy atom. The zero-order chi connectivity index (χ0) is 12.8. The van der Waals surface area contributed by atoms with Crippen molar-refractivity contribution in [3.05, 3.63) is 0 Å². The van der Waals surface area contributed by atoms with E-state index in [-0.39, 0.29) is 33.1 Å². The number of carbonyl (C=O) groups is 4. The van der Waals surface area contributed by atoms with Gasteiger partial charge in [0.15, 0.2) is 0 Å². The SMILES string of the molecule is BBOC(=O)CCC(=O)ON1C(=O)CCC1=O. The summed E-state index contributed by atoms with van der Waals surface area (Å²) in [5.41, 5.74) is 0. The van der Waals surface area contributed by atoms with Crippen molar-refractivity contribution in [2.24, 2.45) is 0 Å². The minimum atomic E-state index is -0.804. The normalized spacial score (nSPS) is 14.7. The average molecular weight is 239 g/mol. The fourth-order valence-corrected chi connectivity index (χ4v) is 1.24. The second-order valence-electron chi connectivity index (χ2n) is 3.35. The zero-order valence-corrected chi connectivity index (χ0v) is 9.43. The van der Waals surface area contributed by atoms with Crippen LogP contribution < -0.4 is 0 Å². The van der Waals surface area contributed by atoms with Crippen molar-refractivity contribution in [1.29, 1.82) is 0 Å². The fraction of sp³-hybridized carbons (Fsp3) is 0.500. The van der Waals surface area contributed by atoms with Gasteiger partial charge in [0.25, 0.3) is 25.2 Å². The maximum atomic E-state index is 11.2. The zero-order valence-electron chi connectivity index (χ0n) is 9.43. The van der Waals surface area contributed by atoms with E-state index < -0.39 is 23.8 Å². The second kappa shape index (κ2) is 6.07. The summed E-state index contributed by atoms with van der Waals surface area (Å²) in [6.45, 7) is 0. The van der Waals surface area contributed by atoms with Crippen molar-refractivity contribution >= 4 is 38.9 Å². The standard InChI is InChI=1S/C8H11B2NO6/c9-10-16-7(14)3-4-8(15)17-11-5(12)1-2-6(11)13/h10H,1-4,9H2. The smallest absolute Gasteiger partial charge is 0.333 e. The number of hydrogen-bond donors (Lipinski definition) is 0. The summed E-state index contributed by atoms with van der Waals surface area (Å²) in [6.07, 6.45) is -0.271. The first-order valence-electron chi connectivity index (χ1n) is 5.26. The van der Waals surface area contributed by atoms with E-state index in [1.165, 1.54) is 0 Å². The minimum absolute atomic E-state index is 0.0456. The molecule has 0 aromatic rings. The Balaban J connectivity index is 2.32. The van der Waals surface area contributed by atoms with Crippen LogP contribution in [0.4, 0.5) is 0 Å². The molecule has 0 bridgehead atoms. The molecule has 1 fully saturated rings. The van der Waals surface area contributed by atoms with Crippen LogP contribution in [-0.2, 0) is 28.7 Å². The van der Waals surface area contributed by atoms with Gasteiger partial charge in [0, 0.05) is 12.8 Å². The molecule has 9 heteroatoms. The Labute approximate surface area is 99.0 Å². The Hall–Kier alpha value is -1.79. The third-order valence-electron chi connectivity index (χ3n) is 2.04. The third-order valence-corrected chi connectivity index (χ3v) is 2.04. The van der Waals surface area contributed by atoms with Gasteiger partial charge < -0.3 is 9.49 Å². The number of hydrogen-bond acceptors (Lipinski definition) is 6. The predicted molar refractivity (Wildman–Crippen MR) is 58.2 cm³/mol. The molecule has 2 amide bonds. The fourth-order valence-electron chi connectivity index (χ4n) is 1.24. The van der Waals surface area contributed by atoms with Crippen LogP contribution in [0.5, 0.6) is 0 Å². The van der Waals surface area contributed by atoms with Crippen LogP contribution in [0.25, 0.3) is 0 Å². The third kappa shape index (κ3) is 3.93. The molecule has 0 radical (unpaired) electrons. The van der Waals surface area contributed by atoms with E-state index in [0.29, 0.717) is 5.06 Å². The van der Waals surface area contributed by atoms with Crippen LogP contribution >= 0.6 is 0 Å². The summed E-state index contributed by atoms with van der Waals surface area (Å²) >= 11 is 0. The molecule has 90 valence electrons. The molecule has 0 aromatic heterocycles. The summed E-state index contributed by atoms with van der Waals surface area (Å²) < 4.78 is 4.61. The van der Waals surface area contributed by atoms with Crippen LogP contribution in [-0.4, -0.2) is 43.9 Å². The van der Waals surface area contributed by atoms with Gasteiger partial charge in [-0.3, -0.25) is 14.4 Å². The van der Waals surface area contributed by atoms with Crippen molar-refractivity contribution in [3.8, 4) is 0 Å². The molecular formula is C8H11B2NO6. The van der Waals surface area contributed by atoms with Crippen LogP contribution in [0, 0.1) is 0 Å². The number of amides is 2. The lowest BCUT2D eigenvalue weighted by molar-refractivity contribution is -0.197. The monoisotopic (exact) mass is 239 g/mol. The highest BCUT2D eigenvalue weighted by atomic mass is 16.7. The molecule has 1 heterocycles. The quantitative estimate of drug-likeness (QED) is 0.400. The van der Waals surface area contributed by atoms with Crippen molar-refractivity contribution in [1.82, 2.24) is 5.06 Å². The van der Waals surface area contributed by atoms with Crippen molar-refractivity contribution in [2.45, 2.75) is 25.7 Å².